The van der Waals surface area contributed by atoms with Crippen molar-refractivity contribution < 1.29 is 0 Å². The highest BCUT2D eigenvalue weighted by molar-refractivity contribution is 5.46. The summed E-state index contributed by atoms with van der Waals surface area (Å²) in [5, 5.41) is 7.01. The molecule has 0 aliphatic rings. The van der Waals surface area contributed by atoms with Crippen LogP contribution < -0.4 is 5.32 Å². The molecule has 0 spiro atoms. The summed E-state index contributed by atoms with van der Waals surface area (Å²) in [5.74, 6) is 0.837. The molecular weight excluding hydrogens is 164 g/mol. The van der Waals surface area contributed by atoms with Crippen LogP contribution in [0.4, 0.5) is 5.82 Å². The number of fused-ring (bicyclic) bond motifs is 1. The summed E-state index contributed by atoms with van der Waals surface area (Å²) in [6.07, 6.45) is 3.57. The normalized spacial score (nSPS) is 9.15. The SMILES string of the molecule is CC.CNc1cn2ncccc2n1. The van der Waals surface area contributed by atoms with Crippen LogP contribution in [-0.4, -0.2) is 21.6 Å². The van der Waals surface area contributed by atoms with Crippen molar-refractivity contribution in [2.45, 2.75) is 13.8 Å². The molecule has 0 bridgehead atoms. The molecule has 0 saturated carbocycles. The molecule has 2 aromatic rings. The number of anilines is 1. The lowest BCUT2D eigenvalue weighted by Crippen LogP contribution is -1.86. The molecule has 0 aliphatic heterocycles. The smallest absolute Gasteiger partial charge is 0.155 e. The van der Waals surface area contributed by atoms with E-state index in [1.165, 1.54) is 0 Å². The zero-order valence-corrected chi connectivity index (χ0v) is 8.15. The fourth-order valence-electron chi connectivity index (χ4n) is 0.951. The summed E-state index contributed by atoms with van der Waals surface area (Å²) < 4.78 is 1.73. The Labute approximate surface area is 77.6 Å². The molecule has 4 nitrogen and oxygen atoms in total. The molecule has 0 unspecified atom stereocenters. The molecule has 1 N–H and O–H groups in total. The van der Waals surface area contributed by atoms with Crippen LogP contribution in [0.15, 0.2) is 24.5 Å². The number of nitrogens with zero attached hydrogens (tertiary/aromatic N) is 3. The molecular formula is C9H14N4. The van der Waals surface area contributed by atoms with Gasteiger partial charge in [0.2, 0.25) is 0 Å². The van der Waals surface area contributed by atoms with E-state index in [2.05, 4.69) is 15.4 Å². The second-order valence-corrected chi connectivity index (χ2v) is 2.20. The van der Waals surface area contributed by atoms with Crippen molar-refractivity contribution in [1.82, 2.24) is 14.6 Å². The zero-order chi connectivity index (χ0) is 9.68. The largest absolute Gasteiger partial charge is 0.372 e. The highest BCUT2D eigenvalue weighted by Crippen LogP contribution is 2.05. The molecule has 70 valence electrons. The average Bonchev–Trinajstić information content (AvgIpc) is 2.63. The van der Waals surface area contributed by atoms with Gasteiger partial charge >= 0.3 is 0 Å². The van der Waals surface area contributed by atoms with E-state index in [-0.39, 0.29) is 0 Å². The maximum absolute atomic E-state index is 4.22. The molecule has 2 heterocycles. The van der Waals surface area contributed by atoms with Crippen LogP contribution in [0.25, 0.3) is 5.65 Å². The Hall–Kier alpha value is -1.58. The van der Waals surface area contributed by atoms with Gasteiger partial charge in [-0.15, -0.1) is 0 Å². The third kappa shape index (κ3) is 1.96. The number of hydrogen-bond donors (Lipinski definition) is 1. The number of hydrogen-bond acceptors (Lipinski definition) is 3. The first-order valence-electron chi connectivity index (χ1n) is 4.38. The second kappa shape index (κ2) is 4.45. The van der Waals surface area contributed by atoms with Crippen molar-refractivity contribution in [2.75, 3.05) is 12.4 Å². The molecule has 0 aromatic carbocycles. The zero-order valence-electron chi connectivity index (χ0n) is 8.15. The quantitative estimate of drug-likeness (QED) is 0.724. The number of aromatic nitrogens is 3. The maximum Gasteiger partial charge on any atom is 0.155 e. The van der Waals surface area contributed by atoms with Gasteiger partial charge in [0.25, 0.3) is 0 Å². The third-order valence-electron chi connectivity index (χ3n) is 1.49. The van der Waals surface area contributed by atoms with Crippen molar-refractivity contribution in [1.29, 1.82) is 0 Å². The Morgan fingerprint density at radius 1 is 1.38 bits per heavy atom. The van der Waals surface area contributed by atoms with Crippen molar-refractivity contribution >= 4 is 11.5 Å². The van der Waals surface area contributed by atoms with Crippen molar-refractivity contribution in [3.63, 3.8) is 0 Å². The molecule has 2 aromatic heterocycles. The average molecular weight is 178 g/mol. The van der Waals surface area contributed by atoms with Gasteiger partial charge in [-0.2, -0.15) is 5.10 Å². The van der Waals surface area contributed by atoms with E-state index in [0.717, 1.165) is 11.5 Å². The molecule has 2 rings (SSSR count). The molecule has 4 heteroatoms. The summed E-state index contributed by atoms with van der Waals surface area (Å²) in [5.41, 5.74) is 0.858. The summed E-state index contributed by atoms with van der Waals surface area (Å²) in [4.78, 5) is 4.22. The lowest BCUT2D eigenvalue weighted by molar-refractivity contribution is 0.936. The van der Waals surface area contributed by atoms with Gasteiger partial charge in [0.15, 0.2) is 5.65 Å². The van der Waals surface area contributed by atoms with Crippen molar-refractivity contribution in [3.8, 4) is 0 Å². The van der Waals surface area contributed by atoms with E-state index in [1.54, 1.807) is 10.7 Å². The fraction of sp³-hybridized carbons (Fsp3) is 0.333. The molecule has 0 atom stereocenters. The van der Waals surface area contributed by atoms with Gasteiger partial charge in [0, 0.05) is 13.2 Å². The van der Waals surface area contributed by atoms with Gasteiger partial charge in [-0.1, -0.05) is 13.8 Å². The van der Waals surface area contributed by atoms with Crippen molar-refractivity contribution in [2.24, 2.45) is 0 Å². The molecule has 0 radical (unpaired) electrons. The summed E-state index contributed by atoms with van der Waals surface area (Å²) >= 11 is 0. The molecule has 0 aliphatic carbocycles. The van der Waals surface area contributed by atoms with Crippen LogP contribution in [-0.2, 0) is 0 Å². The summed E-state index contributed by atoms with van der Waals surface area (Å²) in [6.45, 7) is 4.00. The van der Waals surface area contributed by atoms with E-state index < -0.39 is 0 Å². The van der Waals surface area contributed by atoms with E-state index >= 15 is 0 Å². The topological polar surface area (TPSA) is 42.2 Å². The van der Waals surface area contributed by atoms with E-state index in [1.807, 2.05) is 39.2 Å². The first kappa shape index (κ1) is 9.51. The summed E-state index contributed by atoms with van der Waals surface area (Å²) in [6, 6.07) is 3.77. The Kier molecular flexibility index (Phi) is 3.25. The van der Waals surface area contributed by atoms with Crippen LogP contribution in [0.2, 0.25) is 0 Å². The first-order valence-corrected chi connectivity index (χ1v) is 4.38. The van der Waals surface area contributed by atoms with Crippen molar-refractivity contribution in [3.05, 3.63) is 24.5 Å². The lowest BCUT2D eigenvalue weighted by atomic mass is 10.6. The fourth-order valence-corrected chi connectivity index (χ4v) is 0.951. The van der Waals surface area contributed by atoms with Crippen LogP contribution >= 0.6 is 0 Å². The Bertz CT molecular complexity index is 333. The Morgan fingerprint density at radius 2 is 2.15 bits per heavy atom. The molecule has 0 amide bonds. The third-order valence-corrected chi connectivity index (χ3v) is 1.49. The highest BCUT2D eigenvalue weighted by atomic mass is 15.3. The Morgan fingerprint density at radius 3 is 2.77 bits per heavy atom. The second-order valence-electron chi connectivity index (χ2n) is 2.20. The summed E-state index contributed by atoms with van der Waals surface area (Å²) in [7, 11) is 1.84. The maximum atomic E-state index is 4.22. The molecule has 0 fully saturated rings. The minimum atomic E-state index is 0.837. The number of imidazole rings is 1. The highest BCUT2D eigenvalue weighted by Gasteiger charge is 1.96. The lowest BCUT2D eigenvalue weighted by Gasteiger charge is -1.85. The molecule has 13 heavy (non-hydrogen) atoms. The van der Waals surface area contributed by atoms with Crippen LogP contribution in [0, 0.1) is 0 Å². The Balaban J connectivity index is 0.000000396. The van der Waals surface area contributed by atoms with Gasteiger partial charge in [-0.3, -0.25) is 0 Å². The van der Waals surface area contributed by atoms with Gasteiger partial charge in [-0.25, -0.2) is 9.50 Å². The van der Waals surface area contributed by atoms with E-state index in [4.69, 9.17) is 0 Å². The van der Waals surface area contributed by atoms with Gasteiger partial charge in [0.1, 0.15) is 5.82 Å². The number of nitrogens with one attached hydrogen (secondary N) is 1. The minimum Gasteiger partial charge on any atom is -0.372 e. The van der Waals surface area contributed by atoms with Crippen LogP contribution in [0.1, 0.15) is 13.8 Å². The minimum absolute atomic E-state index is 0.837. The van der Waals surface area contributed by atoms with E-state index in [9.17, 15) is 0 Å². The van der Waals surface area contributed by atoms with Crippen LogP contribution in [0.3, 0.4) is 0 Å². The predicted molar refractivity (Wildman–Crippen MR) is 53.9 cm³/mol. The standard InChI is InChI=1S/C7H8N4.C2H6/c1-8-6-5-11-7(10-6)3-2-4-9-11;1-2/h2-5,8H,1H3;1-2H3. The monoisotopic (exact) mass is 178 g/mol. The van der Waals surface area contributed by atoms with Gasteiger partial charge < -0.3 is 5.32 Å². The first-order chi connectivity index (χ1) is 6.40. The van der Waals surface area contributed by atoms with E-state index in [0.29, 0.717) is 0 Å². The van der Waals surface area contributed by atoms with Gasteiger partial charge in [0.05, 0.1) is 6.20 Å². The predicted octanol–water partition coefficient (Wildman–Crippen LogP) is 1.80. The van der Waals surface area contributed by atoms with Gasteiger partial charge in [-0.05, 0) is 12.1 Å². The molecule has 0 saturated heterocycles. The number of rotatable bonds is 1. The van der Waals surface area contributed by atoms with Crippen LogP contribution in [0.5, 0.6) is 0 Å².